The topological polar surface area (TPSA) is 66.5 Å². The van der Waals surface area contributed by atoms with Crippen LogP contribution < -0.4 is 5.32 Å². The van der Waals surface area contributed by atoms with Crippen molar-refractivity contribution in [2.75, 3.05) is 6.54 Å². The van der Waals surface area contributed by atoms with Gasteiger partial charge < -0.3 is 5.32 Å². The maximum absolute atomic E-state index is 14.1. The molecule has 0 radical (unpaired) electrons. The van der Waals surface area contributed by atoms with Crippen LogP contribution in [-0.4, -0.2) is 31.2 Å². The molecule has 2 aromatic rings. The number of nitrogens with one attached hydrogen (secondary N) is 1. The minimum atomic E-state index is -3.96. The van der Waals surface area contributed by atoms with Crippen molar-refractivity contribution in [3.63, 3.8) is 0 Å². The summed E-state index contributed by atoms with van der Waals surface area (Å²) >= 11 is 0. The number of halogens is 1. The number of sulfonamides is 1. The third-order valence-corrected chi connectivity index (χ3v) is 6.81. The summed E-state index contributed by atoms with van der Waals surface area (Å²) in [5.41, 5.74) is 1.16. The molecular formula is C21H25FN2O3S. The zero-order valence-electron chi connectivity index (χ0n) is 15.9. The first kappa shape index (κ1) is 20.5. The van der Waals surface area contributed by atoms with Crippen molar-refractivity contribution in [2.24, 2.45) is 0 Å². The Bertz CT molecular complexity index is 923. The average molecular weight is 405 g/mol. The predicted molar refractivity (Wildman–Crippen MR) is 106 cm³/mol. The molecule has 0 unspecified atom stereocenters. The van der Waals surface area contributed by atoms with Gasteiger partial charge in [0.25, 0.3) is 0 Å². The van der Waals surface area contributed by atoms with Gasteiger partial charge in [-0.2, -0.15) is 4.31 Å². The molecule has 1 N–H and O–H groups in total. The second-order valence-corrected chi connectivity index (χ2v) is 9.16. The predicted octanol–water partition coefficient (Wildman–Crippen LogP) is 3.38. The fourth-order valence-electron chi connectivity index (χ4n) is 3.41. The number of hydrogen-bond acceptors (Lipinski definition) is 3. The van der Waals surface area contributed by atoms with Crippen LogP contribution in [0.5, 0.6) is 0 Å². The number of rotatable bonds is 7. The maximum Gasteiger partial charge on any atom is 0.243 e. The quantitative estimate of drug-likeness (QED) is 0.769. The summed E-state index contributed by atoms with van der Waals surface area (Å²) < 4.78 is 41.5. The highest BCUT2D eigenvalue weighted by molar-refractivity contribution is 7.89. The van der Waals surface area contributed by atoms with Crippen molar-refractivity contribution in [3.8, 4) is 0 Å². The lowest BCUT2D eigenvalue weighted by atomic mass is 10.2. The zero-order chi connectivity index (χ0) is 20.1. The van der Waals surface area contributed by atoms with Crippen molar-refractivity contribution in [3.05, 3.63) is 65.5 Å². The van der Waals surface area contributed by atoms with Gasteiger partial charge in [-0.05, 0) is 38.0 Å². The van der Waals surface area contributed by atoms with E-state index in [1.165, 1.54) is 24.3 Å². The van der Waals surface area contributed by atoms with Crippen molar-refractivity contribution in [1.29, 1.82) is 0 Å². The maximum atomic E-state index is 14.1. The summed E-state index contributed by atoms with van der Waals surface area (Å²) in [5.74, 6) is -0.860. The van der Waals surface area contributed by atoms with Gasteiger partial charge >= 0.3 is 0 Å². The van der Waals surface area contributed by atoms with E-state index in [2.05, 4.69) is 5.32 Å². The molecule has 0 heterocycles. The second kappa shape index (κ2) is 8.84. The number of carbonyl (C=O) groups is 1. The van der Waals surface area contributed by atoms with Crippen molar-refractivity contribution in [1.82, 2.24) is 9.62 Å². The standard InChI is InChI=1S/C21H25FN2O3S/c1-16-10-12-19(13-11-16)28(26,27)24(14-17-6-2-5-9-20(17)22)15-21(25)23-18-7-3-4-8-18/h2,5-6,9-13,18H,3-4,7-8,14-15H2,1H3,(H,23,25). The highest BCUT2D eigenvalue weighted by atomic mass is 32.2. The Labute approximate surface area is 165 Å². The molecule has 0 spiro atoms. The van der Waals surface area contributed by atoms with Gasteiger partial charge in [-0.3, -0.25) is 4.79 Å². The van der Waals surface area contributed by atoms with Crippen molar-refractivity contribution in [2.45, 2.75) is 50.1 Å². The van der Waals surface area contributed by atoms with Crippen LogP contribution in [0, 0.1) is 12.7 Å². The Hall–Kier alpha value is -2.25. The van der Waals surface area contributed by atoms with Gasteiger partial charge in [-0.25, -0.2) is 12.8 Å². The molecule has 0 aromatic heterocycles. The van der Waals surface area contributed by atoms with Crippen LogP contribution in [0.25, 0.3) is 0 Å². The number of benzene rings is 2. The number of aryl methyl sites for hydroxylation is 1. The summed E-state index contributed by atoms with van der Waals surface area (Å²) in [6.45, 7) is 1.31. The Morgan fingerprint density at radius 2 is 1.75 bits per heavy atom. The van der Waals surface area contributed by atoms with Gasteiger partial charge in [0, 0.05) is 18.2 Å². The molecule has 28 heavy (non-hydrogen) atoms. The van der Waals surface area contributed by atoms with Crippen molar-refractivity contribution < 1.29 is 17.6 Å². The molecule has 2 aromatic carbocycles. The minimum Gasteiger partial charge on any atom is -0.352 e. The van der Waals surface area contributed by atoms with E-state index in [-0.39, 0.29) is 35.5 Å². The molecule has 0 saturated heterocycles. The molecule has 1 fully saturated rings. The number of amides is 1. The van der Waals surface area contributed by atoms with E-state index in [0.29, 0.717) is 0 Å². The lowest BCUT2D eigenvalue weighted by Gasteiger charge is -2.23. The molecule has 3 rings (SSSR count). The summed E-state index contributed by atoms with van der Waals surface area (Å²) in [7, 11) is -3.96. The Balaban J connectivity index is 1.85. The molecule has 1 aliphatic carbocycles. The SMILES string of the molecule is Cc1ccc(S(=O)(=O)N(CC(=O)NC2CCCC2)Cc2ccccc2F)cc1. The van der Waals surface area contributed by atoms with Crippen LogP contribution in [0.3, 0.4) is 0 Å². The minimum absolute atomic E-state index is 0.0862. The van der Waals surface area contributed by atoms with E-state index in [9.17, 15) is 17.6 Å². The Morgan fingerprint density at radius 1 is 1.11 bits per heavy atom. The molecule has 0 aliphatic heterocycles. The average Bonchev–Trinajstić information content (AvgIpc) is 3.16. The summed E-state index contributed by atoms with van der Waals surface area (Å²) in [4.78, 5) is 12.6. The number of nitrogens with zero attached hydrogens (tertiary/aromatic N) is 1. The molecule has 0 atom stereocenters. The fourth-order valence-corrected chi connectivity index (χ4v) is 4.78. The molecule has 150 valence electrons. The summed E-state index contributed by atoms with van der Waals surface area (Å²) in [5, 5.41) is 2.90. The molecular weight excluding hydrogens is 379 g/mol. The Kier molecular flexibility index (Phi) is 6.46. The van der Waals surface area contributed by atoms with Crippen LogP contribution in [-0.2, 0) is 21.4 Å². The summed E-state index contributed by atoms with van der Waals surface area (Å²) in [6.07, 6.45) is 3.94. The van der Waals surface area contributed by atoms with Gasteiger partial charge in [0.05, 0.1) is 11.4 Å². The third-order valence-electron chi connectivity index (χ3n) is 5.00. The molecule has 5 nitrogen and oxygen atoms in total. The van der Waals surface area contributed by atoms with Crippen LogP contribution in [0.4, 0.5) is 4.39 Å². The van der Waals surface area contributed by atoms with Gasteiger partial charge in [-0.1, -0.05) is 48.7 Å². The largest absolute Gasteiger partial charge is 0.352 e. The van der Waals surface area contributed by atoms with Crippen LogP contribution >= 0.6 is 0 Å². The lowest BCUT2D eigenvalue weighted by Crippen LogP contribution is -2.43. The molecule has 1 aliphatic rings. The summed E-state index contributed by atoms with van der Waals surface area (Å²) in [6, 6.07) is 12.5. The zero-order valence-corrected chi connectivity index (χ0v) is 16.7. The second-order valence-electron chi connectivity index (χ2n) is 7.23. The lowest BCUT2D eigenvalue weighted by molar-refractivity contribution is -0.122. The van der Waals surface area contributed by atoms with Gasteiger partial charge in [0.2, 0.25) is 15.9 Å². The molecule has 1 amide bonds. The van der Waals surface area contributed by atoms with E-state index in [1.54, 1.807) is 24.3 Å². The molecule has 7 heteroatoms. The normalized spacial score (nSPS) is 15.1. The van der Waals surface area contributed by atoms with Crippen LogP contribution in [0.1, 0.15) is 36.8 Å². The molecule has 0 bridgehead atoms. The number of carbonyl (C=O) groups excluding carboxylic acids is 1. The monoisotopic (exact) mass is 404 g/mol. The van der Waals surface area contributed by atoms with Crippen LogP contribution in [0.2, 0.25) is 0 Å². The van der Waals surface area contributed by atoms with E-state index in [4.69, 9.17) is 0 Å². The van der Waals surface area contributed by atoms with E-state index in [1.807, 2.05) is 6.92 Å². The highest BCUT2D eigenvalue weighted by Gasteiger charge is 2.28. The number of hydrogen-bond donors (Lipinski definition) is 1. The third kappa shape index (κ3) is 4.97. The first-order chi connectivity index (χ1) is 13.4. The fraction of sp³-hybridized carbons (Fsp3) is 0.381. The highest BCUT2D eigenvalue weighted by Crippen LogP contribution is 2.21. The van der Waals surface area contributed by atoms with Gasteiger partial charge in [0.15, 0.2) is 0 Å². The van der Waals surface area contributed by atoms with E-state index >= 15 is 0 Å². The smallest absolute Gasteiger partial charge is 0.243 e. The first-order valence-corrected chi connectivity index (χ1v) is 10.9. The van der Waals surface area contributed by atoms with Gasteiger partial charge in [-0.15, -0.1) is 0 Å². The molecule has 1 saturated carbocycles. The van der Waals surface area contributed by atoms with Crippen molar-refractivity contribution >= 4 is 15.9 Å². The Morgan fingerprint density at radius 3 is 2.39 bits per heavy atom. The van der Waals surface area contributed by atoms with Crippen LogP contribution in [0.15, 0.2) is 53.4 Å². The van der Waals surface area contributed by atoms with Gasteiger partial charge in [0.1, 0.15) is 5.82 Å². The van der Waals surface area contributed by atoms with E-state index < -0.39 is 15.8 Å². The first-order valence-electron chi connectivity index (χ1n) is 9.46. The van der Waals surface area contributed by atoms with E-state index in [0.717, 1.165) is 35.6 Å².